The van der Waals surface area contributed by atoms with E-state index in [4.69, 9.17) is 23.2 Å². The first-order chi connectivity index (χ1) is 13.5. The van der Waals surface area contributed by atoms with Crippen LogP contribution in [0.3, 0.4) is 0 Å². The molecule has 0 bridgehead atoms. The van der Waals surface area contributed by atoms with E-state index in [0.29, 0.717) is 26.9 Å². The van der Waals surface area contributed by atoms with Crippen LogP contribution in [0.2, 0.25) is 10.0 Å². The summed E-state index contributed by atoms with van der Waals surface area (Å²) >= 11 is 13.9. The summed E-state index contributed by atoms with van der Waals surface area (Å²) < 4.78 is 0. The Morgan fingerprint density at radius 3 is 2.46 bits per heavy atom. The van der Waals surface area contributed by atoms with E-state index in [2.05, 4.69) is 12.2 Å². The number of halogens is 2. The Labute approximate surface area is 178 Å². The first kappa shape index (κ1) is 20.5. The lowest BCUT2D eigenvalue weighted by atomic mass is 10.0. The fourth-order valence-corrected chi connectivity index (χ4v) is 3.80. The van der Waals surface area contributed by atoms with Crippen LogP contribution in [0.15, 0.2) is 71.6 Å². The molecule has 0 unspecified atom stereocenters. The number of amides is 1. The molecule has 0 aliphatic rings. The molecule has 0 aliphatic carbocycles. The smallest absolute Gasteiger partial charge is 0.255 e. The molecular weight excluding hydrogens is 413 g/mol. The highest BCUT2D eigenvalue weighted by molar-refractivity contribution is 7.99. The highest BCUT2D eigenvalue weighted by atomic mass is 35.5. The molecule has 3 rings (SSSR count). The molecule has 0 fully saturated rings. The molecular formula is C22H17Cl2NO2S. The molecule has 3 nitrogen and oxygen atoms in total. The molecule has 1 N–H and O–H groups in total. The van der Waals surface area contributed by atoms with Gasteiger partial charge in [0.2, 0.25) is 0 Å². The summed E-state index contributed by atoms with van der Waals surface area (Å²) in [6.45, 7) is 2.05. The Morgan fingerprint density at radius 1 is 0.929 bits per heavy atom. The summed E-state index contributed by atoms with van der Waals surface area (Å²) in [5.74, 6) is 0.312. The van der Waals surface area contributed by atoms with Crippen molar-refractivity contribution >= 4 is 52.3 Å². The zero-order valence-corrected chi connectivity index (χ0v) is 17.4. The maximum atomic E-state index is 13.0. The Balaban J connectivity index is 1.93. The molecule has 0 spiro atoms. The van der Waals surface area contributed by atoms with E-state index in [1.54, 1.807) is 54.2 Å². The lowest BCUT2D eigenvalue weighted by molar-refractivity contribution is 0.102. The molecule has 1 amide bonds. The van der Waals surface area contributed by atoms with Crippen LogP contribution < -0.4 is 5.32 Å². The molecule has 0 radical (unpaired) electrons. The van der Waals surface area contributed by atoms with Crippen LogP contribution in [0.4, 0.5) is 5.69 Å². The van der Waals surface area contributed by atoms with E-state index in [0.717, 1.165) is 10.6 Å². The van der Waals surface area contributed by atoms with Gasteiger partial charge in [-0.2, -0.15) is 0 Å². The third-order valence-electron chi connectivity index (χ3n) is 4.00. The topological polar surface area (TPSA) is 46.2 Å². The number of carbonyl (C=O) groups excluding carboxylic acids is 2. The highest BCUT2D eigenvalue weighted by Crippen LogP contribution is 2.27. The van der Waals surface area contributed by atoms with Gasteiger partial charge in [-0.25, -0.2) is 0 Å². The van der Waals surface area contributed by atoms with Gasteiger partial charge in [-0.15, -0.1) is 11.8 Å². The van der Waals surface area contributed by atoms with Gasteiger partial charge >= 0.3 is 0 Å². The van der Waals surface area contributed by atoms with Crippen molar-refractivity contribution in [2.75, 3.05) is 11.1 Å². The molecule has 0 saturated carbocycles. The number of nitrogens with one attached hydrogen (secondary N) is 1. The van der Waals surface area contributed by atoms with Crippen molar-refractivity contribution in [3.05, 3.63) is 93.5 Å². The lowest BCUT2D eigenvalue weighted by Gasteiger charge is -2.12. The maximum absolute atomic E-state index is 13.0. The first-order valence-corrected chi connectivity index (χ1v) is 10.4. The van der Waals surface area contributed by atoms with Crippen LogP contribution >= 0.6 is 35.0 Å². The number of ketones is 1. The molecule has 6 heteroatoms. The number of hydrogen-bond acceptors (Lipinski definition) is 3. The fourth-order valence-electron chi connectivity index (χ4n) is 2.69. The summed E-state index contributed by atoms with van der Waals surface area (Å²) in [5, 5.41) is 3.56. The van der Waals surface area contributed by atoms with Gasteiger partial charge in [0.1, 0.15) is 0 Å². The maximum Gasteiger partial charge on any atom is 0.255 e. The standard InChI is InChI=1S/C22H17Cl2NO2S/c1-2-28-16-7-5-6-14(12-16)22(27)25-20-11-10-15(23)13-18(20)21(26)17-8-3-4-9-19(17)24/h3-13H,2H2,1H3,(H,25,27). The molecule has 0 aromatic heterocycles. The summed E-state index contributed by atoms with van der Waals surface area (Å²) in [4.78, 5) is 26.8. The zero-order chi connectivity index (χ0) is 20.1. The Bertz CT molecular complexity index is 1040. The zero-order valence-electron chi connectivity index (χ0n) is 15.0. The van der Waals surface area contributed by atoms with Gasteiger partial charge in [-0.3, -0.25) is 9.59 Å². The average Bonchev–Trinajstić information content (AvgIpc) is 2.69. The van der Waals surface area contributed by atoms with Crippen molar-refractivity contribution in [1.29, 1.82) is 0 Å². The van der Waals surface area contributed by atoms with Gasteiger partial charge in [-0.05, 0) is 54.3 Å². The Morgan fingerprint density at radius 2 is 1.71 bits per heavy atom. The number of thioether (sulfide) groups is 1. The van der Waals surface area contributed by atoms with Gasteiger partial charge in [0.05, 0.1) is 10.7 Å². The molecule has 3 aromatic rings. The molecule has 0 atom stereocenters. The predicted molar refractivity (Wildman–Crippen MR) is 117 cm³/mol. The van der Waals surface area contributed by atoms with Crippen molar-refractivity contribution in [3.8, 4) is 0 Å². The summed E-state index contributed by atoms with van der Waals surface area (Å²) in [5.41, 5.74) is 1.54. The normalized spacial score (nSPS) is 10.5. The number of carbonyl (C=O) groups is 2. The Hall–Kier alpha value is -2.27. The van der Waals surface area contributed by atoms with Gasteiger partial charge in [0.15, 0.2) is 5.78 Å². The third-order valence-corrected chi connectivity index (χ3v) is 5.44. The van der Waals surface area contributed by atoms with E-state index in [1.165, 1.54) is 6.07 Å². The Kier molecular flexibility index (Phi) is 6.79. The molecule has 0 saturated heterocycles. The van der Waals surface area contributed by atoms with Crippen molar-refractivity contribution in [3.63, 3.8) is 0 Å². The van der Waals surface area contributed by atoms with Gasteiger partial charge < -0.3 is 5.32 Å². The molecule has 0 aliphatic heterocycles. The minimum atomic E-state index is -0.307. The summed E-state index contributed by atoms with van der Waals surface area (Å²) in [6, 6.07) is 18.9. The largest absolute Gasteiger partial charge is 0.321 e. The average molecular weight is 430 g/mol. The fraction of sp³-hybridized carbons (Fsp3) is 0.0909. The van der Waals surface area contributed by atoms with Crippen LogP contribution in [-0.2, 0) is 0 Å². The van der Waals surface area contributed by atoms with Gasteiger partial charge in [0.25, 0.3) is 5.91 Å². The van der Waals surface area contributed by atoms with Gasteiger partial charge in [0, 0.05) is 26.6 Å². The van der Waals surface area contributed by atoms with Crippen molar-refractivity contribution in [2.24, 2.45) is 0 Å². The molecule has 0 heterocycles. The minimum absolute atomic E-state index is 0.285. The molecule has 3 aromatic carbocycles. The van der Waals surface area contributed by atoms with E-state index in [9.17, 15) is 9.59 Å². The minimum Gasteiger partial charge on any atom is -0.321 e. The SMILES string of the molecule is CCSc1cccc(C(=O)Nc2ccc(Cl)cc2C(=O)c2ccccc2Cl)c1. The monoisotopic (exact) mass is 429 g/mol. The van der Waals surface area contributed by atoms with E-state index < -0.39 is 0 Å². The molecule has 142 valence electrons. The summed E-state index contributed by atoms with van der Waals surface area (Å²) in [6.07, 6.45) is 0. The number of hydrogen-bond donors (Lipinski definition) is 1. The van der Waals surface area contributed by atoms with Crippen LogP contribution in [0.1, 0.15) is 33.2 Å². The molecule has 28 heavy (non-hydrogen) atoms. The second-order valence-electron chi connectivity index (χ2n) is 5.91. The van der Waals surface area contributed by atoms with E-state index >= 15 is 0 Å². The van der Waals surface area contributed by atoms with E-state index in [-0.39, 0.29) is 17.3 Å². The number of benzene rings is 3. The quantitative estimate of drug-likeness (QED) is 0.355. The van der Waals surface area contributed by atoms with Crippen molar-refractivity contribution < 1.29 is 9.59 Å². The summed E-state index contributed by atoms with van der Waals surface area (Å²) in [7, 11) is 0. The third kappa shape index (κ3) is 4.76. The second kappa shape index (κ2) is 9.28. The van der Waals surface area contributed by atoms with Crippen LogP contribution in [-0.4, -0.2) is 17.4 Å². The van der Waals surface area contributed by atoms with Crippen molar-refractivity contribution in [2.45, 2.75) is 11.8 Å². The van der Waals surface area contributed by atoms with E-state index in [1.807, 2.05) is 18.2 Å². The van der Waals surface area contributed by atoms with Crippen LogP contribution in [0.25, 0.3) is 0 Å². The number of anilines is 1. The predicted octanol–water partition coefficient (Wildman–Crippen LogP) is 6.59. The second-order valence-corrected chi connectivity index (χ2v) is 8.09. The van der Waals surface area contributed by atoms with Gasteiger partial charge in [-0.1, -0.05) is 48.3 Å². The van der Waals surface area contributed by atoms with Crippen LogP contribution in [0.5, 0.6) is 0 Å². The lowest BCUT2D eigenvalue weighted by Crippen LogP contribution is -2.15. The highest BCUT2D eigenvalue weighted by Gasteiger charge is 2.18. The van der Waals surface area contributed by atoms with Crippen LogP contribution in [0, 0.1) is 0 Å². The number of rotatable bonds is 6. The first-order valence-electron chi connectivity index (χ1n) is 8.62. The van der Waals surface area contributed by atoms with Crippen molar-refractivity contribution in [1.82, 2.24) is 0 Å².